The summed E-state index contributed by atoms with van der Waals surface area (Å²) < 4.78 is 23.2. The van der Waals surface area contributed by atoms with Gasteiger partial charge in [-0.1, -0.05) is 18.2 Å². The molecule has 0 aliphatic carbocycles. The summed E-state index contributed by atoms with van der Waals surface area (Å²) in [5.41, 5.74) is 2.15. The van der Waals surface area contributed by atoms with Crippen LogP contribution in [-0.4, -0.2) is 32.0 Å². The predicted molar refractivity (Wildman–Crippen MR) is 84.9 cm³/mol. The third-order valence-electron chi connectivity index (χ3n) is 4.28. The molecule has 5 heteroatoms. The summed E-state index contributed by atoms with van der Waals surface area (Å²) in [6.07, 6.45) is 3.43. The standard InChI is InChI=1S/C16H20N2O2S/c1-17-15(9-12-6-8-21(19,20)11-12)14-5-4-13-3-2-7-18-16(13)10-14/h2-5,7,10,12,15,17H,6,8-9,11H2,1H3. The largest absolute Gasteiger partial charge is 0.313 e. The van der Waals surface area contributed by atoms with Crippen LogP contribution in [0.15, 0.2) is 36.5 Å². The summed E-state index contributed by atoms with van der Waals surface area (Å²) in [6, 6.07) is 10.4. The maximum absolute atomic E-state index is 11.6. The molecule has 0 radical (unpaired) electrons. The first kappa shape index (κ1) is 14.5. The SMILES string of the molecule is CNC(CC1CCS(=O)(=O)C1)c1ccc2cccnc2c1. The number of benzene rings is 1. The lowest BCUT2D eigenvalue weighted by molar-refractivity contribution is 0.437. The fourth-order valence-electron chi connectivity index (χ4n) is 3.11. The molecule has 112 valence electrons. The predicted octanol–water partition coefficient (Wildman–Crippen LogP) is 2.32. The Bertz CT molecular complexity index is 743. The molecule has 2 atom stereocenters. The zero-order chi connectivity index (χ0) is 14.9. The Balaban J connectivity index is 1.81. The van der Waals surface area contributed by atoms with Crippen LogP contribution < -0.4 is 5.32 Å². The molecule has 1 saturated heterocycles. The number of nitrogens with zero attached hydrogens (tertiary/aromatic N) is 1. The van der Waals surface area contributed by atoms with Gasteiger partial charge in [0.15, 0.2) is 9.84 Å². The van der Waals surface area contributed by atoms with Gasteiger partial charge in [-0.15, -0.1) is 0 Å². The second kappa shape index (κ2) is 5.73. The molecule has 4 nitrogen and oxygen atoms in total. The van der Waals surface area contributed by atoms with Crippen LogP contribution in [-0.2, 0) is 9.84 Å². The lowest BCUT2D eigenvalue weighted by atomic mass is 9.94. The molecule has 1 aliphatic heterocycles. The molecule has 21 heavy (non-hydrogen) atoms. The summed E-state index contributed by atoms with van der Waals surface area (Å²) in [5.74, 6) is 0.927. The van der Waals surface area contributed by atoms with Gasteiger partial charge in [0, 0.05) is 17.6 Å². The van der Waals surface area contributed by atoms with Gasteiger partial charge in [0.25, 0.3) is 0 Å². The average Bonchev–Trinajstić information content (AvgIpc) is 2.83. The van der Waals surface area contributed by atoms with Gasteiger partial charge in [0.05, 0.1) is 17.0 Å². The molecule has 1 aromatic heterocycles. The van der Waals surface area contributed by atoms with Crippen LogP contribution in [0, 0.1) is 5.92 Å². The molecule has 3 rings (SSSR count). The summed E-state index contributed by atoms with van der Waals surface area (Å²) in [6.45, 7) is 0. The quantitative estimate of drug-likeness (QED) is 0.942. The summed E-state index contributed by atoms with van der Waals surface area (Å²) in [4.78, 5) is 4.39. The van der Waals surface area contributed by atoms with Gasteiger partial charge in [-0.3, -0.25) is 4.98 Å². The Morgan fingerprint density at radius 2 is 2.24 bits per heavy atom. The van der Waals surface area contributed by atoms with E-state index in [0.29, 0.717) is 11.5 Å². The number of fused-ring (bicyclic) bond motifs is 1. The highest BCUT2D eigenvalue weighted by Gasteiger charge is 2.29. The number of pyridine rings is 1. The van der Waals surface area contributed by atoms with E-state index in [2.05, 4.69) is 28.5 Å². The van der Waals surface area contributed by atoms with Crippen molar-refractivity contribution in [2.45, 2.75) is 18.9 Å². The van der Waals surface area contributed by atoms with Crippen molar-refractivity contribution in [1.82, 2.24) is 10.3 Å². The fraction of sp³-hybridized carbons (Fsp3) is 0.438. The van der Waals surface area contributed by atoms with Crippen LogP contribution in [0.2, 0.25) is 0 Å². The third-order valence-corrected chi connectivity index (χ3v) is 6.11. The molecule has 0 saturated carbocycles. The van der Waals surface area contributed by atoms with Crippen LogP contribution in [0.25, 0.3) is 10.9 Å². The first-order valence-corrected chi connectivity index (χ1v) is 9.12. The van der Waals surface area contributed by atoms with E-state index in [1.807, 2.05) is 19.2 Å². The highest BCUT2D eigenvalue weighted by molar-refractivity contribution is 7.91. The Labute approximate surface area is 125 Å². The van der Waals surface area contributed by atoms with Crippen LogP contribution in [0.1, 0.15) is 24.4 Å². The zero-order valence-corrected chi connectivity index (χ0v) is 12.9. The van der Waals surface area contributed by atoms with Crippen LogP contribution >= 0.6 is 0 Å². The first-order valence-electron chi connectivity index (χ1n) is 7.30. The van der Waals surface area contributed by atoms with E-state index in [1.54, 1.807) is 6.20 Å². The smallest absolute Gasteiger partial charge is 0.150 e. The lowest BCUT2D eigenvalue weighted by Crippen LogP contribution is -2.20. The van der Waals surface area contributed by atoms with Gasteiger partial charge in [-0.2, -0.15) is 0 Å². The van der Waals surface area contributed by atoms with Crippen molar-refractivity contribution in [3.8, 4) is 0 Å². The van der Waals surface area contributed by atoms with Gasteiger partial charge in [0.2, 0.25) is 0 Å². The number of hydrogen-bond acceptors (Lipinski definition) is 4. The van der Waals surface area contributed by atoms with E-state index in [-0.39, 0.29) is 12.0 Å². The zero-order valence-electron chi connectivity index (χ0n) is 12.1. The topological polar surface area (TPSA) is 59.1 Å². The van der Waals surface area contributed by atoms with Crippen molar-refractivity contribution < 1.29 is 8.42 Å². The van der Waals surface area contributed by atoms with E-state index in [1.165, 1.54) is 5.56 Å². The molecule has 0 spiro atoms. The Morgan fingerprint density at radius 3 is 2.95 bits per heavy atom. The summed E-state index contributed by atoms with van der Waals surface area (Å²) >= 11 is 0. The van der Waals surface area contributed by atoms with Crippen molar-refractivity contribution >= 4 is 20.7 Å². The molecule has 2 aromatic rings. The Hall–Kier alpha value is -1.46. The van der Waals surface area contributed by atoms with Crippen LogP contribution in [0.5, 0.6) is 0 Å². The van der Waals surface area contributed by atoms with E-state index in [4.69, 9.17) is 0 Å². The average molecular weight is 304 g/mol. The maximum atomic E-state index is 11.6. The molecule has 1 aliphatic rings. The number of hydrogen-bond donors (Lipinski definition) is 1. The molecule has 2 heterocycles. The minimum absolute atomic E-state index is 0.176. The third kappa shape index (κ3) is 3.24. The van der Waals surface area contributed by atoms with E-state index in [9.17, 15) is 8.42 Å². The number of sulfone groups is 1. The van der Waals surface area contributed by atoms with Crippen molar-refractivity contribution in [3.63, 3.8) is 0 Å². The van der Waals surface area contributed by atoms with Crippen molar-refractivity contribution in [3.05, 3.63) is 42.1 Å². The maximum Gasteiger partial charge on any atom is 0.150 e. The molecule has 0 bridgehead atoms. The molecule has 1 N–H and O–H groups in total. The van der Waals surface area contributed by atoms with E-state index < -0.39 is 9.84 Å². The summed E-state index contributed by atoms with van der Waals surface area (Å²) in [5, 5.41) is 4.44. The highest BCUT2D eigenvalue weighted by atomic mass is 32.2. The van der Waals surface area contributed by atoms with Gasteiger partial charge in [-0.05, 0) is 43.5 Å². The van der Waals surface area contributed by atoms with Gasteiger partial charge in [0.1, 0.15) is 0 Å². The normalized spacial score (nSPS) is 22.4. The molecule has 1 fully saturated rings. The van der Waals surface area contributed by atoms with Crippen molar-refractivity contribution in [2.75, 3.05) is 18.6 Å². The fourth-order valence-corrected chi connectivity index (χ4v) is 4.99. The monoisotopic (exact) mass is 304 g/mol. The second-order valence-corrected chi connectivity index (χ2v) is 8.03. The van der Waals surface area contributed by atoms with Gasteiger partial charge >= 0.3 is 0 Å². The van der Waals surface area contributed by atoms with Gasteiger partial charge in [-0.25, -0.2) is 8.42 Å². The Kier molecular flexibility index (Phi) is 3.95. The highest BCUT2D eigenvalue weighted by Crippen LogP contribution is 2.29. The van der Waals surface area contributed by atoms with E-state index >= 15 is 0 Å². The number of nitrogens with one attached hydrogen (secondary N) is 1. The minimum atomic E-state index is -2.81. The van der Waals surface area contributed by atoms with Crippen molar-refractivity contribution in [2.24, 2.45) is 5.92 Å². The number of rotatable bonds is 4. The first-order chi connectivity index (χ1) is 10.1. The minimum Gasteiger partial charge on any atom is -0.313 e. The van der Waals surface area contributed by atoms with E-state index in [0.717, 1.165) is 23.7 Å². The van der Waals surface area contributed by atoms with Crippen molar-refractivity contribution in [1.29, 1.82) is 0 Å². The van der Waals surface area contributed by atoms with Crippen LogP contribution in [0.4, 0.5) is 0 Å². The van der Waals surface area contributed by atoms with Crippen LogP contribution in [0.3, 0.4) is 0 Å². The second-order valence-electron chi connectivity index (χ2n) is 5.80. The molecular formula is C16H20N2O2S. The Morgan fingerprint density at radius 1 is 1.38 bits per heavy atom. The molecule has 1 aromatic carbocycles. The lowest BCUT2D eigenvalue weighted by Gasteiger charge is -2.20. The van der Waals surface area contributed by atoms with Gasteiger partial charge < -0.3 is 5.32 Å². The number of aromatic nitrogens is 1. The summed E-state index contributed by atoms with van der Waals surface area (Å²) in [7, 11) is -0.879. The molecule has 0 amide bonds. The molecular weight excluding hydrogens is 284 g/mol. The molecule has 2 unspecified atom stereocenters.